The molecular weight excluding hydrogens is 380 g/mol. The number of hydrogen-bond acceptors (Lipinski definition) is 5. The van der Waals surface area contributed by atoms with E-state index in [1.165, 1.54) is 0 Å². The van der Waals surface area contributed by atoms with Crippen LogP contribution in [0.15, 0.2) is 48.7 Å². The van der Waals surface area contributed by atoms with Crippen molar-refractivity contribution >= 4 is 28.4 Å². The smallest absolute Gasteiger partial charge is 0.251 e. The minimum Gasteiger partial charge on any atom is -0.491 e. The maximum absolute atomic E-state index is 12.4. The average Bonchev–Trinajstić information content (AvgIpc) is 2.73. The normalized spacial score (nSPS) is 12.6. The number of carbonyl (C=O) groups is 1. The Hall–Kier alpha value is -2.99. The molecule has 1 aromatic heterocycles. The summed E-state index contributed by atoms with van der Waals surface area (Å²) in [6, 6.07) is 12.9. The molecule has 0 radical (unpaired) electrons. The van der Waals surface area contributed by atoms with Crippen LogP contribution >= 0.6 is 11.6 Å². The van der Waals surface area contributed by atoms with Crippen molar-refractivity contribution in [1.29, 1.82) is 0 Å². The molecule has 7 heteroatoms. The van der Waals surface area contributed by atoms with Crippen molar-refractivity contribution < 1.29 is 19.0 Å². The Balaban J connectivity index is 1.29. The first-order valence-electron chi connectivity index (χ1n) is 9.06. The zero-order valence-corrected chi connectivity index (χ0v) is 15.9. The van der Waals surface area contributed by atoms with Gasteiger partial charge in [-0.05, 0) is 30.7 Å². The highest BCUT2D eigenvalue weighted by molar-refractivity contribution is 6.32. The number of halogens is 1. The van der Waals surface area contributed by atoms with E-state index in [-0.39, 0.29) is 5.91 Å². The molecule has 0 saturated carbocycles. The highest BCUT2D eigenvalue weighted by Gasteiger charge is 2.19. The lowest BCUT2D eigenvalue weighted by Gasteiger charge is -2.20. The van der Waals surface area contributed by atoms with E-state index in [9.17, 15) is 4.79 Å². The van der Waals surface area contributed by atoms with Crippen LogP contribution in [0.5, 0.6) is 17.2 Å². The van der Waals surface area contributed by atoms with Gasteiger partial charge in [-0.2, -0.15) is 0 Å². The molecule has 6 nitrogen and oxygen atoms in total. The predicted octanol–water partition coefficient (Wildman–Crippen LogP) is 3.86. The summed E-state index contributed by atoms with van der Waals surface area (Å²) in [6.45, 7) is 1.83. The summed E-state index contributed by atoms with van der Waals surface area (Å²) in [5, 5.41) is 4.27. The first-order chi connectivity index (χ1) is 13.7. The number of hydrogen-bond donors (Lipinski definition) is 1. The van der Waals surface area contributed by atoms with Gasteiger partial charge >= 0.3 is 0 Å². The zero-order valence-electron chi connectivity index (χ0n) is 15.1. The summed E-state index contributed by atoms with van der Waals surface area (Å²) >= 11 is 6.18. The minimum atomic E-state index is -0.217. The summed E-state index contributed by atoms with van der Waals surface area (Å²) in [5.74, 6) is 1.51. The molecule has 0 atom stereocenters. The van der Waals surface area contributed by atoms with Crippen molar-refractivity contribution in [1.82, 2.24) is 10.3 Å². The third-order valence-electron chi connectivity index (χ3n) is 4.32. The van der Waals surface area contributed by atoms with Crippen LogP contribution in [0.1, 0.15) is 16.8 Å². The number of nitrogens with one attached hydrogen (secondary N) is 1. The zero-order chi connectivity index (χ0) is 19.3. The Labute approximate surface area is 167 Å². The molecule has 0 spiro atoms. The van der Waals surface area contributed by atoms with Gasteiger partial charge in [0.15, 0.2) is 11.5 Å². The van der Waals surface area contributed by atoms with E-state index in [1.807, 2.05) is 30.3 Å². The largest absolute Gasteiger partial charge is 0.491 e. The van der Waals surface area contributed by atoms with Gasteiger partial charge in [0.2, 0.25) is 0 Å². The van der Waals surface area contributed by atoms with Gasteiger partial charge in [0.25, 0.3) is 5.91 Å². The molecule has 1 aliphatic rings. The van der Waals surface area contributed by atoms with Gasteiger partial charge < -0.3 is 19.5 Å². The highest BCUT2D eigenvalue weighted by atomic mass is 35.5. The lowest BCUT2D eigenvalue weighted by Crippen LogP contribution is -2.26. The highest BCUT2D eigenvalue weighted by Crippen LogP contribution is 2.38. The van der Waals surface area contributed by atoms with Crippen LogP contribution in [0.2, 0.25) is 5.02 Å². The lowest BCUT2D eigenvalue weighted by molar-refractivity contribution is 0.0950. The van der Waals surface area contributed by atoms with Crippen LogP contribution in [0.3, 0.4) is 0 Å². The number of amides is 1. The maximum atomic E-state index is 12.4. The molecular formula is C21H19ClN2O4. The van der Waals surface area contributed by atoms with Crippen molar-refractivity contribution in [2.24, 2.45) is 0 Å². The Morgan fingerprint density at radius 1 is 1.18 bits per heavy atom. The van der Waals surface area contributed by atoms with Crippen LogP contribution in [0.4, 0.5) is 0 Å². The molecule has 2 aromatic carbocycles. The van der Waals surface area contributed by atoms with Crippen molar-refractivity contribution in [2.75, 3.05) is 26.4 Å². The van der Waals surface area contributed by atoms with Gasteiger partial charge in [0.1, 0.15) is 24.5 Å². The van der Waals surface area contributed by atoms with Gasteiger partial charge in [-0.3, -0.25) is 9.78 Å². The number of benzene rings is 2. The van der Waals surface area contributed by atoms with Gasteiger partial charge in [-0.25, -0.2) is 0 Å². The molecule has 2 heterocycles. The monoisotopic (exact) mass is 398 g/mol. The molecule has 28 heavy (non-hydrogen) atoms. The second-order valence-electron chi connectivity index (χ2n) is 6.27. The second kappa shape index (κ2) is 8.35. The number of nitrogens with zero attached hydrogens (tertiary/aromatic N) is 1. The number of aromatic nitrogens is 1. The quantitative estimate of drug-likeness (QED) is 0.638. The predicted molar refractivity (Wildman–Crippen MR) is 107 cm³/mol. The van der Waals surface area contributed by atoms with Crippen LogP contribution in [0.25, 0.3) is 10.9 Å². The van der Waals surface area contributed by atoms with E-state index in [4.69, 9.17) is 25.8 Å². The van der Waals surface area contributed by atoms with Crippen molar-refractivity contribution in [3.8, 4) is 17.2 Å². The van der Waals surface area contributed by atoms with Crippen molar-refractivity contribution in [3.05, 3.63) is 59.2 Å². The molecule has 3 aromatic rings. The fourth-order valence-electron chi connectivity index (χ4n) is 2.99. The fraction of sp³-hybridized carbons (Fsp3) is 0.238. The molecule has 0 aliphatic carbocycles. The van der Waals surface area contributed by atoms with Crippen molar-refractivity contribution in [3.63, 3.8) is 0 Å². The minimum absolute atomic E-state index is 0.217. The van der Waals surface area contributed by atoms with Crippen LogP contribution < -0.4 is 19.5 Å². The number of fused-ring (bicyclic) bond motifs is 2. The molecule has 0 fully saturated rings. The second-order valence-corrected chi connectivity index (χ2v) is 6.68. The van der Waals surface area contributed by atoms with Gasteiger partial charge in [-0.15, -0.1) is 0 Å². The standard InChI is InChI=1S/C21H19ClN2O4/c22-16-12-15(13-18-20(16)28-11-10-27-18)21(25)24-8-3-9-26-17-6-1-4-14-5-2-7-23-19(14)17/h1-2,4-7,12-13H,3,8-11H2,(H,24,25). The molecule has 0 saturated heterocycles. The number of rotatable bonds is 6. The Morgan fingerprint density at radius 3 is 2.96 bits per heavy atom. The van der Waals surface area contributed by atoms with E-state index in [2.05, 4.69) is 10.3 Å². The third kappa shape index (κ3) is 3.97. The molecule has 0 bridgehead atoms. The van der Waals surface area contributed by atoms with Crippen LogP contribution in [-0.4, -0.2) is 37.3 Å². The Morgan fingerprint density at radius 2 is 2.04 bits per heavy atom. The van der Waals surface area contributed by atoms with Gasteiger partial charge in [0.05, 0.1) is 11.6 Å². The van der Waals surface area contributed by atoms with E-state index in [1.54, 1.807) is 18.3 Å². The summed E-state index contributed by atoms with van der Waals surface area (Å²) < 4.78 is 16.8. The topological polar surface area (TPSA) is 69.7 Å². The van der Waals surface area contributed by atoms with Gasteiger partial charge in [0, 0.05) is 23.7 Å². The molecule has 144 valence electrons. The van der Waals surface area contributed by atoms with Crippen molar-refractivity contribution in [2.45, 2.75) is 6.42 Å². The number of para-hydroxylation sites is 1. The Kier molecular flexibility index (Phi) is 5.48. The van der Waals surface area contributed by atoms with Gasteiger partial charge in [-0.1, -0.05) is 29.8 Å². The lowest BCUT2D eigenvalue weighted by atomic mass is 10.1. The summed E-state index contributed by atoms with van der Waals surface area (Å²) in [7, 11) is 0. The number of pyridine rings is 1. The van der Waals surface area contributed by atoms with E-state index < -0.39 is 0 Å². The first kappa shape index (κ1) is 18.4. The third-order valence-corrected chi connectivity index (χ3v) is 4.60. The molecule has 1 amide bonds. The SMILES string of the molecule is O=C(NCCCOc1cccc2cccnc12)c1cc(Cl)c2c(c1)OCCO2. The van der Waals surface area contributed by atoms with Crippen LogP contribution in [-0.2, 0) is 0 Å². The maximum Gasteiger partial charge on any atom is 0.251 e. The first-order valence-corrected chi connectivity index (χ1v) is 9.44. The molecule has 4 rings (SSSR count). The molecule has 1 N–H and O–H groups in total. The molecule has 1 aliphatic heterocycles. The van der Waals surface area contributed by atoms with Crippen LogP contribution in [0, 0.1) is 0 Å². The number of ether oxygens (including phenoxy) is 3. The number of carbonyl (C=O) groups excluding carboxylic acids is 1. The van der Waals surface area contributed by atoms with E-state index in [0.717, 1.165) is 16.7 Å². The van der Waals surface area contributed by atoms with E-state index >= 15 is 0 Å². The average molecular weight is 399 g/mol. The fourth-order valence-corrected chi connectivity index (χ4v) is 3.26. The summed E-state index contributed by atoms with van der Waals surface area (Å²) in [4.78, 5) is 16.7. The van der Waals surface area contributed by atoms with E-state index in [0.29, 0.717) is 54.9 Å². The summed E-state index contributed by atoms with van der Waals surface area (Å²) in [5.41, 5.74) is 1.27. The molecule has 0 unspecified atom stereocenters. The summed E-state index contributed by atoms with van der Waals surface area (Å²) in [6.07, 6.45) is 2.40. The Bertz CT molecular complexity index is 1000.